The smallest absolute Gasteiger partial charge is 0.404 e. The molecule has 5 rings (SSSR count). The van der Waals surface area contributed by atoms with Crippen molar-refractivity contribution in [1.29, 1.82) is 0 Å². The van der Waals surface area contributed by atoms with Crippen molar-refractivity contribution in [3.63, 3.8) is 0 Å². The first-order valence-electron chi connectivity index (χ1n) is 10.9. The van der Waals surface area contributed by atoms with Crippen molar-refractivity contribution in [2.75, 3.05) is 32.6 Å². The molecule has 0 aromatic carbocycles. The zero-order valence-electron chi connectivity index (χ0n) is 18.7. The summed E-state index contributed by atoms with van der Waals surface area (Å²) in [4.78, 5) is 45.5. The number of amides is 1. The number of hydrogen-bond acceptors (Lipinski definition) is 11. The Morgan fingerprint density at radius 2 is 2.12 bits per heavy atom. The molecule has 4 N–H and O–H groups in total. The Labute approximate surface area is 204 Å². The molecule has 0 bridgehead atoms. The van der Waals surface area contributed by atoms with Crippen LogP contribution in [0.2, 0.25) is 0 Å². The summed E-state index contributed by atoms with van der Waals surface area (Å²) in [5.41, 5.74) is 5.60. The Hall–Kier alpha value is -2.54. The van der Waals surface area contributed by atoms with Crippen LogP contribution in [0.5, 0.6) is 0 Å². The number of ketones is 2. The van der Waals surface area contributed by atoms with E-state index in [1.165, 1.54) is 0 Å². The van der Waals surface area contributed by atoms with Crippen molar-refractivity contribution in [2.45, 2.75) is 29.6 Å². The lowest BCUT2D eigenvalue weighted by molar-refractivity contribution is -0.137. The number of nitrogens with zero attached hydrogens (tertiary/aromatic N) is 2. The Bertz CT molecular complexity index is 1110. The number of rotatable bonds is 9. The monoisotopic (exact) mass is 503 g/mol. The van der Waals surface area contributed by atoms with Gasteiger partial charge in [-0.15, -0.1) is 0 Å². The first kappa shape index (κ1) is 23.2. The van der Waals surface area contributed by atoms with Crippen molar-refractivity contribution in [3.05, 3.63) is 47.1 Å². The van der Waals surface area contributed by atoms with Gasteiger partial charge in [-0.25, -0.2) is 4.79 Å². The van der Waals surface area contributed by atoms with Crippen molar-refractivity contribution in [3.8, 4) is 0 Å². The molecule has 0 unspecified atom stereocenters. The van der Waals surface area contributed by atoms with Gasteiger partial charge in [0.1, 0.15) is 6.61 Å². The second kappa shape index (κ2) is 8.91. The van der Waals surface area contributed by atoms with Crippen LogP contribution in [0.1, 0.15) is 6.92 Å². The Balaban J connectivity index is 1.34. The predicted molar refractivity (Wildman–Crippen MR) is 126 cm³/mol. The molecule has 3 aliphatic heterocycles. The van der Waals surface area contributed by atoms with Gasteiger partial charge in [-0.1, -0.05) is 21.6 Å². The average molecular weight is 504 g/mol. The van der Waals surface area contributed by atoms with E-state index in [1.807, 2.05) is 17.0 Å². The largest absolute Gasteiger partial charge is 0.449 e. The molecular weight excluding hydrogens is 478 g/mol. The molecule has 1 aromatic rings. The number of allylic oxidation sites excluding steroid dienone is 2. The minimum atomic E-state index is -0.969. The minimum absolute atomic E-state index is 0.0662. The maximum atomic E-state index is 13.7. The number of methoxy groups -OCH3 is 1. The topological polar surface area (TPSA) is 146 Å². The van der Waals surface area contributed by atoms with E-state index in [4.69, 9.17) is 15.2 Å². The quantitative estimate of drug-likeness (QED) is 0.190. The first-order valence-corrected chi connectivity index (χ1v) is 13.2. The molecule has 1 aromatic heterocycles. The average Bonchev–Trinajstić information content (AvgIpc) is 3.44. The van der Waals surface area contributed by atoms with Gasteiger partial charge < -0.3 is 30.7 Å². The van der Waals surface area contributed by atoms with Crippen LogP contribution >= 0.6 is 21.6 Å². The van der Waals surface area contributed by atoms with Gasteiger partial charge in [0, 0.05) is 60.4 Å². The summed E-state index contributed by atoms with van der Waals surface area (Å²) in [6.07, 6.45) is 2.54. The minimum Gasteiger partial charge on any atom is -0.449 e. The van der Waals surface area contributed by atoms with Gasteiger partial charge in [0.05, 0.1) is 23.4 Å². The number of hydrogen-bond donors (Lipinski definition) is 3. The molecule has 34 heavy (non-hydrogen) atoms. The molecular formula is C22H25N5O5S2. The fourth-order valence-corrected chi connectivity index (χ4v) is 7.10. The van der Waals surface area contributed by atoms with Crippen LogP contribution in [0.4, 0.5) is 4.79 Å². The highest BCUT2D eigenvalue weighted by Gasteiger charge is 2.72. The number of ether oxygens (including phenoxy) is 2. The summed E-state index contributed by atoms with van der Waals surface area (Å²) in [7, 11) is 4.81. The molecule has 1 aliphatic carbocycles. The lowest BCUT2D eigenvalue weighted by Crippen LogP contribution is -2.55. The fourth-order valence-electron chi connectivity index (χ4n) is 5.22. The van der Waals surface area contributed by atoms with Gasteiger partial charge in [-0.05, 0) is 19.1 Å². The van der Waals surface area contributed by atoms with Crippen LogP contribution in [0.15, 0.2) is 52.0 Å². The molecule has 2 fully saturated rings. The molecule has 4 aliphatic rings. The van der Waals surface area contributed by atoms with Crippen molar-refractivity contribution < 1.29 is 23.9 Å². The SMILES string of the molecule is CO[C@@]12[C@H](COC(N)=O)C3=C(C(=O)C(C)=C(NCCSSc4ccncc4)C3=O)N1C[C@@H]1N[C@@H]12. The molecule has 10 nitrogen and oxygen atoms in total. The third-order valence-electron chi connectivity index (χ3n) is 6.72. The molecule has 4 atom stereocenters. The van der Waals surface area contributed by atoms with E-state index in [2.05, 4.69) is 15.6 Å². The highest BCUT2D eigenvalue weighted by Crippen LogP contribution is 2.55. The maximum absolute atomic E-state index is 13.7. The normalized spacial score (nSPS) is 29.2. The predicted octanol–water partition coefficient (Wildman–Crippen LogP) is 0.815. The summed E-state index contributed by atoms with van der Waals surface area (Å²) in [5, 5.41) is 6.52. The zero-order valence-corrected chi connectivity index (χ0v) is 20.3. The summed E-state index contributed by atoms with van der Waals surface area (Å²) in [6, 6.07) is 3.96. The van der Waals surface area contributed by atoms with E-state index >= 15 is 0 Å². The molecule has 1 amide bonds. The van der Waals surface area contributed by atoms with Crippen LogP contribution in [-0.4, -0.2) is 77.9 Å². The Morgan fingerprint density at radius 3 is 2.82 bits per heavy atom. The number of primary amides is 1. The van der Waals surface area contributed by atoms with Crippen molar-refractivity contribution in [1.82, 2.24) is 20.5 Å². The van der Waals surface area contributed by atoms with Crippen molar-refractivity contribution >= 4 is 39.2 Å². The zero-order chi connectivity index (χ0) is 24.0. The van der Waals surface area contributed by atoms with E-state index in [1.54, 1.807) is 48.0 Å². The number of carbonyl (C=O) groups excluding carboxylic acids is 3. The van der Waals surface area contributed by atoms with Crippen LogP contribution in [-0.2, 0) is 19.1 Å². The van der Waals surface area contributed by atoms with E-state index in [0.717, 1.165) is 4.90 Å². The van der Waals surface area contributed by atoms with Gasteiger partial charge >= 0.3 is 6.09 Å². The molecule has 0 spiro atoms. The highest BCUT2D eigenvalue weighted by atomic mass is 33.1. The number of carbonyl (C=O) groups is 3. The van der Waals surface area contributed by atoms with Gasteiger partial charge in [0.15, 0.2) is 5.72 Å². The molecule has 4 heterocycles. The summed E-state index contributed by atoms with van der Waals surface area (Å²) in [5.74, 6) is -0.393. The van der Waals surface area contributed by atoms with Crippen LogP contribution in [0, 0.1) is 5.92 Å². The number of pyridine rings is 1. The van der Waals surface area contributed by atoms with Crippen LogP contribution in [0.3, 0.4) is 0 Å². The molecule has 12 heteroatoms. The summed E-state index contributed by atoms with van der Waals surface area (Å²) >= 11 is 0. The number of nitrogens with two attached hydrogens (primary N) is 1. The molecule has 180 valence electrons. The fraction of sp³-hybridized carbons (Fsp3) is 0.455. The van der Waals surface area contributed by atoms with Gasteiger partial charge in [0.2, 0.25) is 11.6 Å². The number of fused-ring (bicyclic) bond motifs is 4. The van der Waals surface area contributed by atoms with E-state index in [-0.39, 0.29) is 36.0 Å². The van der Waals surface area contributed by atoms with E-state index < -0.39 is 17.7 Å². The van der Waals surface area contributed by atoms with Gasteiger partial charge in [-0.3, -0.25) is 14.6 Å². The molecule has 0 radical (unpaired) electrons. The summed E-state index contributed by atoms with van der Waals surface area (Å²) < 4.78 is 11.1. The lowest BCUT2D eigenvalue weighted by atomic mass is 9.82. The van der Waals surface area contributed by atoms with Crippen molar-refractivity contribution in [2.24, 2.45) is 11.7 Å². The van der Waals surface area contributed by atoms with Crippen LogP contribution < -0.4 is 16.4 Å². The van der Waals surface area contributed by atoms with E-state index in [0.29, 0.717) is 35.7 Å². The highest BCUT2D eigenvalue weighted by molar-refractivity contribution is 8.76. The lowest BCUT2D eigenvalue weighted by Gasteiger charge is -2.39. The third-order valence-corrected chi connectivity index (χ3v) is 9.10. The number of aromatic nitrogens is 1. The van der Waals surface area contributed by atoms with Crippen LogP contribution in [0.25, 0.3) is 0 Å². The van der Waals surface area contributed by atoms with E-state index in [9.17, 15) is 14.4 Å². The molecule has 0 saturated carbocycles. The second-order valence-electron chi connectivity index (χ2n) is 8.44. The molecule has 2 saturated heterocycles. The number of nitrogens with one attached hydrogen (secondary N) is 2. The number of Topliss-reactive ketones (excluding diaryl/α,β-unsaturated/α-hetero) is 2. The standard InChI is InChI=1S/C22H25N5O5S2/c1-11-16(25-7-8-33-34-12-3-5-24-6-4-12)19(29)15-13(10-32-21(23)30)22(31-2)20-14(26-20)9-27(22)17(15)18(11)28/h3-6,13-14,20,25-26H,7-10H2,1-2H3,(H2,23,30)/t13-,14+,20+,22-/m1/s1. The first-order chi connectivity index (χ1) is 16.4. The maximum Gasteiger partial charge on any atom is 0.404 e. The second-order valence-corrected chi connectivity index (χ2v) is 10.9. The Morgan fingerprint density at radius 1 is 1.35 bits per heavy atom. The Kier molecular flexibility index (Phi) is 6.09. The number of piperazine rings is 1. The third kappa shape index (κ3) is 3.60. The summed E-state index contributed by atoms with van der Waals surface area (Å²) in [6.45, 7) is 2.57. The van der Waals surface area contributed by atoms with Gasteiger partial charge in [0.25, 0.3) is 0 Å². The van der Waals surface area contributed by atoms with Gasteiger partial charge in [-0.2, -0.15) is 0 Å².